The SMILES string of the molecule is N#CC[C@H](N)[C@@H]1CC[C@@H](N)[C@@H](O[C@H]2[C@H](O[C@@H]3O[C@H](CO)[C@@H](OC4O[C@@H](CN)[C@@H](O)[C@H](O)[C@H]4N)[C@H]3O)[C@@H](O)[C@H](N)C[C@@H]2N)O1. The zero-order valence-corrected chi connectivity index (χ0v) is 23.7. The summed E-state index contributed by atoms with van der Waals surface area (Å²) in [5.41, 5.74) is 36.5. The quantitative estimate of drug-likeness (QED) is 0.108. The van der Waals surface area contributed by atoms with Crippen molar-refractivity contribution in [3.8, 4) is 6.07 Å². The van der Waals surface area contributed by atoms with Gasteiger partial charge in [-0.25, -0.2) is 0 Å². The van der Waals surface area contributed by atoms with Gasteiger partial charge in [-0.2, -0.15) is 5.26 Å². The van der Waals surface area contributed by atoms with Gasteiger partial charge in [0, 0.05) is 24.7 Å². The summed E-state index contributed by atoms with van der Waals surface area (Å²) in [7, 11) is 0. The minimum absolute atomic E-state index is 0.0737. The molecule has 43 heavy (non-hydrogen) atoms. The highest BCUT2D eigenvalue weighted by Crippen LogP contribution is 2.34. The van der Waals surface area contributed by atoms with E-state index in [1.54, 1.807) is 0 Å². The molecule has 4 fully saturated rings. The molecular formula is C25H47N7O11. The first kappa shape index (κ1) is 34.7. The Morgan fingerprint density at radius 2 is 1.40 bits per heavy atom. The largest absolute Gasteiger partial charge is 0.394 e. The van der Waals surface area contributed by atoms with Crippen molar-refractivity contribution in [1.29, 1.82) is 5.26 Å². The molecule has 4 aliphatic rings. The van der Waals surface area contributed by atoms with Crippen LogP contribution in [0.4, 0.5) is 0 Å². The molecule has 0 amide bonds. The Morgan fingerprint density at radius 1 is 0.744 bits per heavy atom. The molecule has 3 saturated heterocycles. The highest BCUT2D eigenvalue weighted by atomic mass is 16.8. The average molecular weight is 622 g/mol. The Hall–Kier alpha value is -1.19. The number of hydrogen-bond donors (Lipinski definition) is 11. The molecule has 0 bridgehead atoms. The van der Waals surface area contributed by atoms with Crippen LogP contribution in [-0.4, -0.2) is 149 Å². The number of nitriles is 1. The fourth-order valence-electron chi connectivity index (χ4n) is 5.99. The molecule has 18 heteroatoms. The third-order valence-electron chi connectivity index (χ3n) is 8.64. The van der Waals surface area contributed by atoms with Crippen molar-refractivity contribution < 1.29 is 54.0 Å². The predicted molar refractivity (Wildman–Crippen MR) is 145 cm³/mol. The normalized spacial score (nSPS) is 49.9. The Kier molecular flexibility index (Phi) is 12.0. The van der Waals surface area contributed by atoms with Gasteiger partial charge in [-0.15, -0.1) is 0 Å². The van der Waals surface area contributed by atoms with Crippen LogP contribution in [0.25, 0.3) is 0 Å². The van der Waals surface area contributed by atoms with Crippen LogP contribution in [0.3, 0.4) is 0 Å². The smallest absolute Gasteiger partial charge is 0.187 e. The van der Waals surface area contributed by atoms with E-state index in [0.717, 1.165) is 0 Å². The number of aliphatic hydroxyl groups excluding tert-OH is 5. The molecule has 0 aromatic heterocycles. The highest BCUT2D eigenvalue weighted by molar-refractivity contribution is 5.01. The van der Waals surface area contributed by atoms with Gasteiger partial charge in [0.2, 0.25) is 0 Å². The van der Waals surface area contributed by atoms with Gasteiger partial charge >= 0.3 is 0 Å². The van der Waals surface area contributed by atoms with Crippen LogP contribution in [0, 0.1) is 11.3 Å². The molecule has 17 N–H and O–H groups in total. The van der Waals surface area contributed by atoms with Crippen molar-refractivity contribution in [2.45, 2.75) is 136 Å². The van der Waals surface area contributed by atoms with Crippen molar-refractivity contribution in [2.24, 2.45) is 34.4 Å². The van der Waals surface area contributed by atoms with Crippen LogP contribution in [0.1, 0.15) is 25.7 Å². The monoisotopic (exact) mass is 621 g/mol. The van der Waals surface area contributed by atoms with Crippen molar-refractivity contribution in [1.82, 2.24) is 0 Å². The maximum absolute atomic E-state index is 11.2. The number of aliphatic hydroxyl groups is 5. The molecule has 0 radical (unpaired) electrons. The van der Waals surface area contributed by atoms with E-state index in [0.29, 0.717) is 12.8 Å². The summed E-state index contributed by atoms with van der Waals surface area (Å²) in [6.45, 7) is -0.763. The predicted octanol–water partition coefficient (Wildman–Crippen LogP) is -6.55. The number of hydrogen-bond acceptors (Lipinski definition) is 18. The summed E-state index contributed by atoms with van der Waals surface area (Å²) in [6, 6.07) is -1.89. The molecule has 3 heterocycles. The van der Waals surface area contributed by atoms with Crippen molar-refractivity contribution in [3.05, 3.63) is 0 Å². The molecule has 0 aromatic rings. The number of nitrogens with two attached hydrogens (primary N) is 6. The minimum atomic E-state index is -1.56. The standard InChI is InChI=1S/C25H47N7O11/c26-4-3-8(28)12-2-1-9(29)23(38-12)41-20-11(31)5-10(30)16(34)22(20)43-25-19(37)21(14(7-33)40-25)42-24-15(32)18(36)17(35)13(6-27)39-24/h8-25,33-37H,1-3,5-7,27-32H2/t8-,9+,10+,11-,12-,13-,14+,15+,16-,17+,18+,19+,20+,21+,22+,23+,24?,25-/m0/s1. The first-order chi connectivity index (χ1) is 20.4. The Labute approximate surface area is 249 Å². The van der Waals surface area contributed by atoms with Crippen LogP contribution < -0.4 is 34.4 Å². The summed E-state index contributed by atoms with van der Waals surface area (Å²) in [6.07, 6.45) is -14.4. The molecular weight excluding hydrogens is 574 g/mol. The summed E-state index contributed by atoms with van der Waals surface area (Å²) < 4.78 is 35.4. The molecule has 0 aromatic carbocycles. The molecule has 4 rings (SSSR count). The molecule has 1 aliphatic carbocycles. The lowest BCUT2D eigenvalue weighted by Gasteiger charge is -2.46. The van der Waals surface area contributed by atoms with E-state index in [1.807, 2.05) is 6.07 Å². The second kappa shape index (κ2) is 14.9. The molecule has 1 unspecified atom stereocenters. The van der Waals surface area contributed by atoms with E-state index in [9.17, 15) is 25.5 Å². The minimum Gasteiger partial charge on any atom is -0.394 e. The van der Waals surface area contributed by atoms with Gasteiger partial charge in [0.15, 0.2) is 18.9 Å². The molecule has 0 spiro atoms. The van der Waals surface area contributed by atoms with E-state index in [-0.39, 0.29) is 19.4 Å². The van der Waals surface area contributed by atoms with Gasteiger partial charge in [-0.3, -0.25) is 0 Å². The van der Waals surface area contributed by atoms with Crippen LogP contribution in [0.15, 0.2) is 0 Å². The first-order valence-corrected chi connectivity index (χ1v) is 14.5. The van der Waals surface area contributed by atoms with Gasteiger partial charge in [0.05, 0.1) is 43.4 Å². The Balaban J connectivity index is 1.48. The summed E-state index contributed by atoms with van der Waals surface area (Å²) in [5, 5.41) is 61.7. The van der Waals surface area contributed by atoms with Crippen molar-refractivity contribution in [3.63, 3.8) is 0 Å². The van der Waals surface area contributed by atoms with Crippen molar-refractivity contribution >= 4 is 0 Å². The summed E-state index contributed by atoms with van der Waals surface area (Å²) in [5.74, 6) is 0. The van der Waals surface area contributed by atoms with E-state index < -0.39 is 117 Å². The van der Waals surface area contributed by atoms with E-state index >= 15 is 0 Å². The Bertz CT molecular complexity index is 936. The maximum atomic E-state index is 11.2. The molecule has 3 aliphatic heterocycles. The first-order valence-electron chi connectivity index (χ1n) is 14.5. The highest BCUT2D eigenvalue weighted by Gasteiger charge is 2.53. The zero-order valence-electron chi connectivity index (χ0n) is 23.7. The zero-order chi connectivity index (χ0) is 31.6. The van der Waals surface area contributed by atoms with Gasteiger partial charge in [0.25, 0.3) is 0 Å². The van der Waals surface area contributed by atoms with Crippen LogP contribution >= 0.6 is 0 Å². The second-order valence-electron chi connectivity index (χ2n) is 11.7. The van der Waals surface area contributed by atoms with Gasteiger partial charge in [-0.1, -0.05) is 0 Å². The van der Waals surface area contributed by atoms with Crippen LogP contribution in [0.2, 0.25) is 0 Å². The topological polar surface area (TPSA) is 336 Å². The molecule has 18 nitrogen and oxygen atoms in total. The van der Waals surface area contributed by atoms with Crippen LogP contribution in [0.5, 0.6) is 0 Å². The number of ether oxygens (including phenoxy) is 6. The molecule has 248 valence electrons. The lowest BCUT2D eigenvalue weighted by molar-refractivity contribution is -0.290. The fourth-order valence-corrected chi connectivity index (χ4v) is 5.99. The second-order valence-corrected chi connectivity index (χ2v) is 11.7. The van der Waals surface area contributed by atoms with E-state index in [1.165, 1.54) is 0 Å². The maximum Gasteiger partial charge on any atom is 0.187 e. The molecule has 1 saturated carbocycles. The van der Waals surface area contributed by atoms with E-state index in [2.05, 4.69) is 0 Å². The van der Waals surface area contributed by atoms with E-state index in [4.69, 9.17) is 68.1 Å². The number of rotatable bonds is 10. The van der Waals surface area contributed by atoms with Gasteiger partial charge < -0.3 is 88.4 Å². The summed E-state index contributed by atoms with van der Waals surface area (Å²) in [4.78, 5) is 0. The molecule has 18 atom stereocenters. The van der Waals surface area contributed by atoms with Gasteiger partial charge in [0.1, 0.15) is 48.8 Å². The third kappa shape index (κ3) is 7.45. The lowest BCUT2D eigenvalue weighted by atomic mass is 9.84. The lowest BCUT2D eigenvalue weighted by Crippen LogP contribution is -2.65. The number of nitrogens with zero attached hydrogens (tertiary/aromatic N) is 1. The Morgan fingerprint density at radius 3 is 2.05 bits per heavy atom. The fraction of sp³-hybridized carbons (Fsp3) is 0.960. The average Bonchev–Trinajstić information content (AvgIpc) is 3.28. The van der Waals surface area contributed by atoms with Gasteiger partial charge in [-0.05, 0) is 19.3 Å². The third-order valence-corrected chi connectivity index (χ3v) is 8.64. The van der Waals surface area contributed by atoms with Crippen LogP contribution in [-0.2, 0) is 28.4 Å². The summed E-state index contributed by atoms with van der Waals surface area (Å²) >= 11 is 0. The van der Waals surface area contributed by atoms with Crippen molar-refractivity contribution in [2.75, 3.05) is 13.2 Å².